The number of dihydropyridines is 1. The number of rotatable bonds is 3. The molecular weight excluding hydrogens is 224 g/mol. The van der Waals surface area contributed by atoms with Crippen molar-refractivity contribution in [2.75, 3.05) is 26.7 Å². The average molecular weight is 243 g/mol. The van der Waals surface area contributed by atoms with Crippen LogP contribution in [0.5, 0.6) is 0 Å². The molecule has 2 rings (SSSR count). The van der Waals surface area contributed by atoms with E-state index in [1.54, 1.807) is 0 Å². The minimum absolute atomic E-state index is 0.0962. The van der Waals surface area contributed by atoms with Gasteiger partial charge in [-0.05, 0) is 43.8 Å². The Kier molecular flexibility index (Phi) is 4.27. The molecule has 0 amide bonds. The lowest BCUT2D eigenvalue weighted by Crippen LogP contribution is -2.34. The van der Waals surface area contributed by atoms with Crippen molar-refractivity contribution < 1.29 is 4.74 Å². The van der Waals surface area contributed by atoms with Gasteiger partial charge in [0.15, 0.2) is 0 Å². The van der Waals surface area contributed by atoms with Gasteiger partial charge in [-0.2, -0.15) is 0 Å². The lowest BCUT2D eigenvalue weighted by atomic mass is 10.1. The van der Waals surface area contributed by atoms with Gasteiger partial charge in [-0.15, -0.1) is 0 Å². The van der Waals surface area contributed by atoms with Gasteiger partial charge in [0.25, 0.3) is 0 Å². The first kappa shape index (κ1) is 12.0. The van der Waals surface area contributed by atoms with Crippen LogP contribution in [0.15, 0.2) is 23.9 Å². The predicted octanol–water partition coefficient (Wildman–Crippen LogP) is 1.71. The van der Waals surface area contributed by atoms with Gasteiger partial charge in [-0.3, -0.25) is 0 Å². The Hall–Kier alpha value is -0.510. The molecule has 0 aromatic carbocycles. The summed E-state index contributed by atoms with van der Waals surface area (Å²) in [5.41, 5.74) is 1.07. The number of hydrogen-bond donors (Lipinski definition) is 1. The third-order valence-electron chi connectivity index (χ3n) is 3.06. The smallest absolute Gasteiger partial charge is 0.120 e. The van der Waals surface area contributed by atoms with Crippen LogP contribution in [-0.4, -0.2) is 43.2 Å². The van der Waals surface area contributed by atoms with Gasteiger partial charge in [0.2, 0.25) is 0 Å². The number of hydrogen-bond acceptors (Lipinski definition) is 3. The van der Waals surface area contributed by atoms with E-state index in [2.05, 4.69) is 17.3 Å². The molecule has 0 saturated carbocycles. The van der Waals surface area contributed by atoms with Gasteiger partial charge in [-0.1, -0.05) is 11.6 Å². The van der Waals surface area contributed by atoms with Crippen LogP contribution in [0.4, 0.5) is 0 Å². The van der Waals surface area contributed by atoms with E-state index in [1.807, 2.05) is 18.4 Å². The number of piperidine rings is 1. The van der Waals surface area contributed by atoms with Crippen molar-refractivity contribution in [3.8, 4) is 0 Å². The number of nitrogens with one attached hydrogen (secondary N) is 1. The number of likely N-dealkylation sites (tertiary alicyclic amines) is 1. The van der Waals surface area contributed by atoms with Gasteiger partial charge in [0, 0.05) is 13.1 Å². The van der Waals surface area contributed by atoms with Crippen LogP contribution in [-0.2, 0) is 4.74 Å². The Morgan fingerprint density at radius 2 is 2.25 bits per heavy atom. The predicted molar refractivity (Wildman–Crippen MR) is 66.5 cm³/mol. The summed E-state index contributed by atoms with van der Waals surface area (Å²) in [6, 6.07) is 0. The van der Waals surface area contributed by atoms with Crippen LogP contribution in [0, 0.1) is 0 Å². The molecule has 1 unspecified atom stereocenters. The fourth-order valence-electron chi connectivity index (χ4n) is 2.00. The summed E-state index contributed by atoms with van der Waals surface area (Å²) in [5.74, 6) is 0. The third kappa shape index (κ3) is 3.51. The molecule has 1 fully saturated rings. The SMILES string of the molecule is CN1CCC(OCC2=CC(Cl)NC=C2)CC1. The Morgan fingerprint density at radius 1 is 1.50 bits per heavy atom. The molecule has 0 aromatic rings. The normalized spacial score (nSPS) is 27.6. The van der Waals surface area contributed by atoms with Crippen molar-refractivity contribution in [3.05, 3.63) is 23.9 Å². The molecular formula is C12H19ClN2O. The van der Waals surface area contributed by atoms with Crippen molar-refractivity contribution in [2.45, 2.75) is 24.4 Å². The highest BCUT2D eigenvalue weighted by Crippen LogP contribution is 2.15. The van der Waals surface area contributed by atoms with Crippen LogP contribution < -0.4 is 5.32 Å². The standard InChI is InChI=1S/C12H19ClN2O/c1-15-6-3-11(4-7-15)16-9-10-2-5-14-12(13)8-10/h2,5,8,11-12,14H,3-4,6-7,9H2,1H3. The summed E-state index contributed by atoms with van der Waals surface area (Å²) in [6.45, 7) is 2.95. The molecule has 3 nitrogen and oxygen atoms in total. The maximum Gasteiger partial charge on any atom is 0.120 e. The van der Waals surface area contributed by atoms with Gasteiger partial charge >= 0.3 is 0 Å². The second-order valence-electron chi connectivity index (χ2n) is 4.46. The fourth-order valence-corrected chi connectivity index (χ4v) is 2.24. The van der Waals surface area contributed by atoms with Crippen molar-refractivity contribution in [1.29, 1.82) is 0 Å². The van der Waals surface area contributed by atoms with E-state index in [4.69, 9.17) is 16.3 Å². The van der Waals surface area contributed by atoms with E-state index in [9.17, 15) is 0 Å². The molecule has 1 N–H and O–H groups in total. The van der Waals surface area contributed by atoms with Crippen molar-refractivity contribution in [1.82, 2.24) is 10.2 Å². The quantitative estimate of drug-likeness (QED) is 0.602. The summed E-state index contributed by atoms with van der Waals surface area (Å²) in [7, 11) is 2.16. The molecule has 4 heteroatoms. The topological polar surface area (TPSA) is 24.5 Å². The van der Waals surface area contributed by atoms with E-state index in [0.29, 0.717) is 12.7 Å². The second kappa shape index (κ2) is 5.71. The number of ether oxygens (including phenoxy) is 1. The lowest BCUT2D eigenvalue weighted by molar-refractivity contribution is 0.0255. The number of nitrogens with zero attached hydrogens (tertiary/aromatic N) is 1. The van der Waals surface area contributed by atoms with Gasteiger partial charge < -0.3 is 15.0 Å². The molecule has 0 spiro atoms. The molecule has 2 heterocycles. The molecule has 1 saturated heterocycles. The molecule has 90 valence electrons. The largest absolute Gasteiger partial charge is 0.373 e. The Labute approximate surface area is 102 Å². The summed E-state index contributed by atoms with van der Waals surface area (Å²) in [5, 5.41) is 3.00. The Balaban J connectivity index is 1.73. The fraction of sp³-hybridized carbons (Fsp3) is 0.667. The van der Waals surface area contributed by atoms with E-state index in [1.165, 1.54) is 0 Å². The molecule has 16 heavy (non-hydrogen) atoms. The summed E-state index contributed by atoms with van der Waals surface area (Å²) in [4.78, 5) is 2.35. The van der Waals surface area contributed by atoms with Crippen LogP contribution in [0.1, 0.15) is 12.8 Å². The maximum atomic E-state index is 5.95. The zero-order chi connectivity index (χ0) is 11.4. The summed E-state index contributed by atoms with van der Waals surface area (Å²) < 4.78 is 5.89. The Bertz CT molecular complexity index is 283. The highest BCUT2D eigenvalue weighted by molar-refractivity contribution is 6.21. The van der Waals surface area contributed by atoms with Gasteiger partial charge in [0.05, 0.1) is 12.7 Å². The molecule has 1 atom stereocenters. The van der Waals surface area contributed by atoms with Gasteiger partial charge in [0.1, 0.15) is 5.50 Å². The third-order valence-corrected chi connectivity index (χ3v) is 3.32. The second-order valence-corrected chi connectivity index (χ2v) is 4.93. The monoisotopic (exact) mass is 242 g/mol. The zero-order valence-corrected chi connectivity index (χ0v) is 10.4. The first-order chi connectivity index (χ1) is 7.74. The molecule has 0 aromatic heterocycles. The molecule has 0 radical (unpaired) electrons. The highest BCUT2D eigenvalue weighted by atomic mass is 35.5. The first-order valence-electron chi connectivity index (χ1n) is 5.81. The van der Waals surface area contributed by atoms with E-state index < -0.39 is 0 Å². The number of alkyl halides is 1. The zero-order valence-electron chi connectivity index (χ0n) is 9.66. The van der Waals surface area contributed by atoms with Crippen molar-refractivity contribution in [3.63, 3.8) is 0 Å². The minimum Gasteiger partial charge on any atom is -0.373 e. The molecule has 0 bridgehead atoms. The Morgan fingerprint density at radius 3 is 2.94 bits per heavy atom. The number of halogens is 1. The van der Waals surface area contributed by atoms with Crippen LogP contribution >= 0.6 is 11.6 Å². The molecule has 2 aliphatic rings. The van der Waals surface area contributed by atoms with Crippen LogP contribution in [0.3, 0.4) is 0 Å². The summed E-state index contributed by atoms with van der Waals surface area (Å²) in [6.07, 6.45) is 8.58. The molecule has 2 aliphatic heterocycles. The van der Waals surface area contributed by atoms with E-state index in [-0.39, 0.29) is 5.50 Å². The summed E-state index contributed by atoms with van der Waals surface area (Å²) >= 11 is 5.95. The minimum atomic E-state index is -0.0962. The van der Waals surface area contributed by atoms with Crippen LogP contribution in [0.25, 0.3) is 0 Å². The van der Waals surface area contributed by atoms with E-state index in [0.717, 1.165) is 31.5 Å². The van der Waals surface area contributed by atoms with Gasteiger partial charge in [-0.25, -0.2) is 0 Å². The average Bonchev–Trinajstić information content (AvgIpc) is 2.28. The molecule has 0 aliphatic carbocycles. The first-order valence-corrected chi connectivity index (χ1v) is 6.25. The van der Waals surface area contributed by atoms with Crippen molar-refractivity contribution >= 4 is 11.6 Å². The highest BCUT2D eigenvalue weighted by Gasteiger charge is 2.17. The lowest BCUT2D eigenvalue weighted by Gasteiger charge is -2.29. The van der Waals surface area contributed by atoms with Crippen molar-refractivity contribution in [2.24, 2.45) is 0 Å². The van der Waals surface area contributed by atoms with E-state index >= 15 is 0 Å². The van der Waals surface area contributed by atoms with Crippen LogP contribution in [0.2, 0.25) is 0 Å². The maximum absolute atomic E-state index is 5.95.